The summed E-state index contributed by atoms with van der Waals surface area (Å²) in [5.41, 5.74) is 1.15. The van der Waals surface area contributed by atoms with Crippen LogP contribution in [-0.2, 0) is 6.42 Å². The highest BCUT2D eigenvalue weighted by Crippen LogP contribution is 2.30. The first-order valence-corrected chi connectivity index (χ1v) is 9.43. The van der Waals surface area contributed by atoms with Crippen molar-refractivity contribution in [1.82, 2.24) is 10.3 Å². The second-order valence-corrected chi connectivity index (χ2v) is 7.81. The Morgan fingerprint density at radius 1 is 1.35 bits per heavy atom. The maximum atomic E-state index is 4.80. The molecule has 3 rings (SSSR count). The van der Waals surface area contributed by atoms with Crippen LogP contribution >= 0.6 is 23.1 Å². The molecule has 2 atom stereocenters. The minimum absolute atomic E-state index is 0.575. The largest absolute Gasteiger partial charge is 0.313 e. The van der Waals surface area contributed by atoms with Gasteiger partial charge in [-0.15, -0.1) is 11.3 Å². The van der Waals surface area contributed by atoms with Crippen LogP contribution in [0.5, 0.6) is 0 Å². The van der Waals surface area contributed by atoms with Gasteiger partial charge in [-0.25, -0.2) is 4.98 Å². The van der Waals surface area contributed by atoms with E-state index in [9.17, 15) is 0 Å². The Bertz CT molecular complexity index is 513. The second-order valence-electron chi connectivity index (χ2n) is 5.35. The molecule has 1 aliphatic rings. The van der Waals surface area contributed by atoms with Crippen molar-refractivity contribution in [2.75, 3.05) is 12.3 Å². The highest BCUT2D eigenvalue weighted by molar-refractivity contribution is 8.00. The minimum Gasteiger partial charge on any atom is -0.313 e. The lowest BCUT2D eigenvalue weighted by atomic mass is 10.0. The van der Waals surface area contributed by atoms with Crippen molar-refractivity contribution in [2.24, 2.45) is 0 Å². The molecule has 1 aliphatic heterocycles. The average molecular weight is 307 g/mol. The summed E-state index contributed by atoms with van der Waals surface area (Å²) in [6.07, 6.45) is 5.21. The molecule has 2 unspecified atom stereocenters. The molecule has 108 valence electrons. The predicted octanol–water partition coefficient (Wildman–Crippen LogP) is 4.10. The van der Waals surface area contributed by atoms with Crippen LogP contribution in [-0.4, -0.2) is 28.6 Å². The molecular weight excluding hydrogens is 284 g/mol. The highest BCUT2D eigenvalue weighted by atomic mass is 32.2. The minimum atomic E-state index is 0.575. The molecule has 2 aromatic rings. The Morgan fingerprint density at radius 3 is 3.00 bits per heavy atom. The van der Waals surface area contributed by atoms with E-state index < -0.39 is 0 Å². The molecule has 0 bridgehead atoms. The van der Waals surface area contributed by atoms with Gasteiger partial charge in [-0.2, -0.15) is 11.8 Å². The number of hydrogen-bond acceptors (Lipinski definition) is 4. The van der Waals surface area contributed by atoms with E-state index in [1.165, 1.54) is 34.7 Å². The van der Waals surface area contributed by atoms with E-state index in [0.29, 0.717) is 6.04 Å². The molecule has 0 spiro atoms. The summed E-state index contributed by atoms with van der Waals surface area (Å²) in [6.45, 7) is 3.26. The third-order valence-electron chi connectivity index (χ3n) is 3.86. The molecule has 1 fully saturated rings. The van der Waals surface area contributed by atoms with Gasteiger partial charge < -0.3 is 5.32 Å². The zero-order chi connectivity index (χ0) is 13.8. The molecule has 1 aromatic carbocycles. The van der Waals surface area contributed by atoms with Crippen LogP contribution in [0.1, 0.15) is 31.2 Å². The van der Waals surface area contributed by atoms with Gasteiger partial charge in [-0.1, -0.05) is 25.5 Å². The normalized spacial score (nSPS) is 21.1. The summed E-state index contributed by atoms with van der Waals surface area (Å²) >= 11 is 4.01. The standard InChI is InChI=1S/C16H22N2S2/c1-2-17-13(14-8-5-6-10-19-14)11-16-18-12-7-3-4-9-15(12)20-16/h3-4,7,9,13-14,17H,2,5-6,8,10-11H2,1H3. The quantitative estimate of drug-likeness (QED) is 0.900. The first-order valence-electron chi connectivity index (χ1n) is 7.56. The van der Waals surface area contributed by atoms with Crippen molar-refractivity contribution in [2.45, 2.75) is 43.9 Å². The number of nitrogens with one attached hydrogen (secondary N) is 1. The SMILES string of the molecule is CCNC(Cc1nc2ccccc2s1)C1CCCCS1. The summed E-state index contributed by atoms with van der Waals surface area (Å²) in [5, 5.41) is 5.73. The first-order chi connectivity index (χ1) is 9.86. The van der Waals surface area contributed by atoms with Crippen molar-refractivity contribution in [3.05, 3.63) is 29.3 Å². The van der Waals surface area contributed by atoms with Crippen molar-refractivity contribution in [3.63, 3.8) is 0 Å². The first kappa shape index (κ1) is 14.4. The van der Waals surface area contributed by atoms with Crippen LogP contribution in [0, 0.1) is 0 Å². The molecule has 0 aliphatic carbocycles. The van der Waals surface area contributed by atoms with E-state index >= 15 is 0 Å². The fourth-order valence-corrected chi connectivity index (χ4v) is 5.33. The van der Waals surface area contributed by atoms with Gasteiger partial charge in [0.1, 0.15) is 0 Å². The Balaban J connectivity index is 1.74. The van der Waals surface area contributed by atoms with E-state index in [2.05, 4.69) is 48.3 Å². The van der Waals surface area contributed by atoms with E-state index in [1.54, 1.807) is 0 Å². The lowest BCUT2D eigenvalue weighted by molar-refractivity contribution is 0.471. The smallest absolute Gasteiger partial charge is 0.0954 e. The lowest BCUT2D eigenvalue weighted by Gasteiger charge is -2.29. The van der Waals surface area contributed by atoms with Crippen molar-refractivity contribution >= 4 is 33.3 Å². The molecule has 0 amide bonds. The van der Waals surface area contributed by atoms with Gasteiger partial charge in [0.15, 0.2) is 0 Å². The van der Waals surface area contributed by atoms with Crippen molar-refractivity contribution in [1.29, 1.82) is 0 Å². The van der Waals surface area contributed by atoms with Gasteiger partial charge in [-0.3, -0.25) is 0 Å². The Kier molecular flexibility index (Phi) is 4.97. The number of rotatable bonds is 5. The maximum Gasteiger partial charge on any atom is 0.0954 e. The third kappa shape index (κ3) is 3.35. The molecule has 2 nitrogen and oxygen atoms in total. The van der Waals surface area contributed by atoms with Crippen LogP contribution in [0.3, 0.4) is 0 Å². The molecule has 0 radical (unpaired) electrons. The summed E-state index contributed by atoms with van der Waals surface area (Å²) < 4.78 is 1.31. The number of thioether (sulfide) groups is 1. The average Bonchev–Trinajstić information content (AvgIpc) is 2.90. The zero-order valence-corrected chi connectivity index (χ0v) is 13.6. The van der Waals surface area contributed by atoms with Crippen LogP contribution < -0.4 is 5.32 Å². The van der Waals surface area contributed by atoms with Gasteiger partial charge in [0.05, 0.1) is 15.2 Å². The van der Waals surface area contributed by atoms with Gasteiger partial charge in [0.25, 0.3) is 0 Å². The number of thiazole rings is 1. The fourth-order valence-electron chi connectivity index (χ4n) is 2.88. The number of nitrogens with zero attached hydrogens (tertiary/aromatic N) is 1. The molecule has 1 aromatic heterocycles. The number of aromatic nitrogens is 1. The molecular formula is C16H22N2S2. The Labute approximate surface area is 129 Å². The van der Waals surface area contributed by atoms with Gasteiger partial charge in [0, 0.05) is 17.7 Å². The topological polar surface area (TPSA) is 24.9 Å². The molecule has 20 heavy (non-hydrogen) atoms. The van der Waals surface area contributed by atoms with E-state index in [4.69, 9.17) is 4.98 Å². The zero-order valence-electron chi connectivity index (χ0n) is 12.0. The molecule has 1 saturated heterocycles. The lowest BCUT2D eigenvalue weighted by Crippen LogP contribution is -2.41. The highest BCUT2D eigenvalue weighted by Gasteiger charge is 2.24. The summed E-state index contributed by atoms with van der Waals surface area (Å²) in [4.78, 5) is 4.80. The van der Waals surface area contributed by atoms with Crippen molar-refractivity contribution < 1.29 is 0 Å². The summed E-state index contributed by atoms with van der Waals surface area (Å²) in [5.74, 6) is 1.33. The number of likely N-dealkylation sites (N-methyl/N-ethyl adjacent to an activating group) is 1. The van der Waals surface area contributed by atoms with E-state index in [0.717, 1.165) is 23.7 Å². The van der Waals surface area contributed by atoms with Crippen LogP contribution in [0.2, 0.25) is 0 Å². The molecule has 4 heteroatoms. The Morgan fingerprint density at radius 2 is 2.25 bits per heavy atom. The molecule has 1 N–H and O–H groups in total. The van der Waals surface area contributed by atoms with Gasteiger partial charge >= 0.3 is 0 Å². The second kappa shape index (κ2) is 6.92. The fraction of sp³-hybridized carbons (Fsp3) is 0.562. The summed E-state index contributed by atoms with van der Waals surface area (Å²) in [7, 11) is 0. The number of para-hydroxylation sites is 1. The number of hydrogen-bond donors (Lipinski definition) is 1. The summed E-state index contributed by atoms with van der Waals surface area (Å²) in [6, 6.07) is 9.04. The van der Waals surface area contributed by atoms with Gasteiger partial charge in [0.2, 0.25) is 0 Å². The third-order valence-corrected chi connectivity index (χ3v) is 6.44. The monoisotopic (exact) mass is 306 g/mol. The number of benzene rings is 1. The van der Waals surface area contributed by atoms with Crippen molar-refractivity contribution in [3.8, 4) is 0 Å². The maximum absolute atomic E-state index is 4.80. The molecule has 0 saturated carbocycles. The van der Waals surface area contributed by atoms with Crippen LogP contribution in [0.4, 0.5) is 0 Å². The Hall–Kier alpha value is -0.580. The van der Waals surface area contributed by atoms with E-state index in [1.807, 2.05) is 11.3 Å². The van der Waals surface area contributed by atoms with Crippen LogP contribution in [0.15, 0.2) is 24.3 Å². The number of fused-ring (bicyclic) bond motifs is 1. The van der Waals surface area contributed by atoms with Crippen LogP contribution in [0.25, 0.3) is 10.2 Å². The molecule has 2 heterocycles. The van der Waals surface area contributed by atoms with Gasteiger partial charge in [-0.05, 0) is 37.3 Å². The predicted molar refractivity (Wildman–Crippen MR) is 90.9 cm³/mol. The van der Waals surface area contributed by atoms with E-state index in [-0.39, 0.29) is 0 Å².